The second-order valence-corrected chi connectivity index (χ2v) is 48.0. The lowest BCUT2D eigenvalue weighted by molar-refractivity contribution is -0.155. The molecule has 4 aromatic carbocycles. The normalized spacial score (nSPS) is 36.3. The van der Waals surface area contributed by atoms with Crippen LogP contribution in [0, 0.1) is 35.5 Å². The van der Waals surface area contributed by atoms with Crippen LogP contribution in [0.1, 0.15) is 254 Å². The lowest BCUT2D eigenvalue weighted by Gasteiger charge is -2.67. The van der Waals surface area contributed by atoms with E-state index in [1.807, 2.05) is 39.8 Å². The van der Waals surface area contributed by atoms with E-state index in [1.165, 1.54) is 73.6 Å². The van der Waals surface area contributed by atoms with E-state index in [2.05, 4.69) is 73.4 Å². The van der Waals surface area contributed by atoms with Crippen molar-refractivity contribution in [1.82, 2.24) is 61.3 Å². The highest BCUT2D eigenvalue weighted by molar-refractivity contribution is 5.80. The molecule has 12 aliphatic carbocycles. The molecule has 22 aliphatic rings. The number of carbonyl (C=O) groups excluding carboxylic acids is 6. The van der Waals surface area contributed by atoms with E-state index >= 15 is 0 Å². The maximum Gasteiger partial charge on any atom is 0.320 e. The average Bonchev–Trinajstić information content (AvgIpc) is 1.48. The summed E-state index contributed by atoms with van der Waals surface area (Å²) in [5.41, 5.74) is 5.25. The van der Waals surface area contributed by atoms with Gasteiger partial charge in [0.2, 0.25) is 23.6 Å². The first-order valence-corrected chi connectivity index (χ1v) is 54.1. The molecule has 4 amide bonds. The number of carboxylic acid groups (broad SMARTS) is 2. The molecular weight excluding hydrogens is 1810 g/mol. The zero-order chi connectivity index (χ0) is 98.8. The number of carbonyl (C=O) groups is 8. The number of phenolic OH excluding ortho intramolecular Hbond substituents is 4. The molecule has 8 bridgehead atoms. The third kappa shape index (κ3) is 15.2. The Morgan fingerprint density at radius 3 is 0.965 bits per heavy atom. The number of nitrogens with zero attached hydrogens (tertiary/aromatic N) is 6. The van der Waals surface area contributed by atoms with Crippen molar-refractivity contribution in [3.63, 3.8) is 0 Å². The van der Waals surface area contributed by atoms with Crippen molar-refractivity contribution in [3.8, 4) is 46.0 Å². The Bertz CT molecular complexity index is 5710. The Hall–Kier alpha value is -9.28. The number of esters is 2. The summed E-state index contributed by atoms with van der Waals surface area (Å²) in [6, 6.07) is 16.1. The van der Waals surface area contributed by atoms with E-state index in [4.69, 9.17) is 28.4 Å². The number of benzene rings is 4. The summed E-state index contributed by atoms with van der Waals surface area (Å²) in [5, 5.41) is 83.0. The SMILES string of the molecule is CC(=O)N[C@@]12CC[C@@H](N3CCC(C(=O)O)CC3)C3Oc4c(O)ccc5c4[C@@]31CCN(CC1CC1)[C@@H]2C5.CC(=O)N[C@@]12CC[C@@H](NCC(=O)O)C3Oc4c(O)ccc5c4[C@@]31CCN(CC1CC1)[C@@H]2C5.CC(=O)N[C@@]12CC[C@@H](NCC(=O)OC(C)(C)C)C3Oc4c(O)ccc5c4[C@@]31CCN(CC1CC1)[C@@H]2C5.CCOC(=O)C1CCN([C@@H]2CC[C@@]3(NC(C)=O)[C@H]4Cc5ccc(O)c6c5[C@@]3(CCN4CC3CC3)C2O6)CC1. The molecule has 4 unspecified atom stereocenters. The highest BCUT2D eigenvalue weighted by atomic mass is 16.6. The minimum atomic E-state index is -0.902. The lowest BCUT2D eigenvalue weighted by Crippen LogP contribution is -2.83. The molecule has 8 saturated carbocycles. The van der Waals surface area contributed by atoms with Gasteiger partial charge in [-0.05, 0) is 330 Å². The number of aromatic hydroxyl groups is 4. The Balaban J connectivity index is 0.000000105. The largest absolute Gasteiger partial charge is 0.504 e. The molecule has 768 valence electrons. The molecule has 142 heavy (non-hydrogen) atoms. The Labute approximate surface area is 831 Å². The molecule has 4 spiro atoms. The Morgan fingerprint density at radius 1 is 0.380 bits per heavy atom. The topological polar surface area (TPSA) is 405 Å². The molecule has 26 rings (SSSR count). The van der Waals surface area contributed by atoms with E-state index in [9.17, 15) is 69.0 Å². The van der Waals surface area contributed by atoms with Crippen LogP contribution in [-0.2, 0) is 95.2 Å². The van der Waals surface area contributed by atoms with Crippen LogP contribution in [0.4, 0.5) is 0 Å². The molecule has 20 atom stereocenters. The molecule has 6 saturated heterocycles. The summed E-state index contributed by atoms with van der Waals surface area (Å²) in [4.78, 5) is 114. The van der Waals surface area contributed by atoms with Gasteiger partial charge >= 0.3 is 23.9 Å². The van der Waals surface area contributed by atoms with Gasteiger partial charge in [-0.25, -0.2) is 0 Å². The second-order valence-electron chi connectivity index (χ2n) is 48.0. The van der Waals surface area contributed by atoms with Crippen LogP contribution in [-0.4, -0.2) is 306 Å². The number of aliphatic carboxylic acids is 2. The van der Waals surface area contributed by atoms with Crippen molar-refractivity contribution in [2.45, 2.75) is 357 Å². The van der Waals surface area contributed by atoms with Gasteiger partial charge in [0.25, 0.3) is 0 Å². The summed E-state index contributed by atoms with van der Waals surface area (Å²) >= 11 is 0. The number of amides is 4. The number of carboxylic acids is 2. The van der Waals surface area contributed by atoms with Crippen LogP contribution in [0.2, 0.25) is 0 Å². The Morgan fingerprint density at radius 2 is 0.676 bits per heavy atom. The van der Waals surface area contributed by atoms with Crippen LogP contribution in [0.3, 0.4) is 0 Å². The van der Waals surface area contributed by atoms with Crippen molar-refractivity contribution in [2.75, 3.05) is 98.2 Å². The van der Waals surface area contributed by atoms with Crippen LogP contribution in [0.5, 0.6) is 46.0 Å². The van der Waals surface area contributed by atoms with Gasteiger partial charge in [-0.1, -0.05) is 24.3 Å². The number of likely N-dealkylation sites (tertiary alicyclic amines) is 6. The zero-order valence-corrected chi connectivity index (χ0v) is 84.0. The number of hydrogen-bond donors (Lipinski definition) is 12. The molecule has 14 fully saturated rings. The van der Waals surface area contributed by atoms with Gasteiger partial charge in [0.15, 0.2) is 46.0 Å². The fourth-order valence-electron chi connectivity index (χ4n) is 33.5. The molecule has 4 aromatic rings. The van der Waals surface area contributed by atoms with E-state index in [1.54, 1.807) is 52.0 Å². The third-order valence-electron chi connectivity index (χ3n) is 39.2. The molecule has 10 heterocycles. The molecule has 32 nitrogen and oxygen atoms in total. The van der Waals surface area contributed by atoms with E-state index in [-0.39, 0.29) is 162 Å². The number of piperidine rings is 6. The number of ether oxygens (including phenoxy) is 6. The number of phenols is 4. The van der Waals surface area contributed by atoms with Gasteiger partial charge in [0, 0.05) is 124 Å². The third-order valence-corrected chi connectivity index (χ3v) is 39.2. The van der Waals surface area contributed by atoms with Gasteiger partial charge in [-0.3, -0.25) is 67.8 Å². The van der Waals surface area contributed by atoms with Gasteiger partial charge in [-0.15, -0.1) is 0 Å². The smallest absolute Gasteiger partial charge is 0.320 e. The summed E-state index contributed by atoms with van der Waals surface area (Å²) in [6.45, 7) is 25.7. The lowest BCUT2D eigenvalue weighted by atomic mass is 9.46. The minimum absolute atomic E-state index is 0.00386. The number of nitrogens with one attached hydrogen (secondary N) is 6. The van der Waals surface area contributed by atoms with Crippen LogP contribution >= 0.6 is 0 Å². The van der Waals surface area contributed by atoms with Gasteiger partial charge in [-0.2, -0.15) is 0 Å². The second kappa shape index (κ2) is 35.5. The van der Waals surface area contributed by atoms with E-state index < -0.39 is 55.9 Å². The van der Waals surface area contributed by atoms with Gasteiger partial charge < -0.3 is 91.0 Å². The molecule has 12 N–H and O–H groups in total. The van der Waals surface area contributed by atoms with E-state index in [0.29, 0.717) is 48.9 Å². The minimum Gasteiger partial charge on any atom is -0.504 e. The first-order valence-electron chi connectivity index (χ1n) is 54.1. The molecule has 10 aliphatic heterocycles. The van der Waals surface area contributed by atoms with Crippen molar-refractivity contribution in [2.24, 2.45) is 35.5 Å². The maximum atomic E-state index is 12.9. The molecule has 0 radical (unpaired) electrons. The molecule has 0 aromatic heterocycles. The van der Waals surface area contributed by atoms with Gasteiger partial charge in [0.1, 0.15) is 30.0 Å². The summed E-state index contributed by atoms with van der Waals surface area (Å²) in [6.07, 6.45) is 25.8. The fourth-order valence-corrected chi connectivity index (χ4v) is 33.5. The summed E-state index contributed by atoms with van der Waals surface area (Å²) in [7, 11) is 0. The number of hydrogen-bond acceptors (Lipinski definition) is 26. The summed E-state index contributed by atoms with van der Waals surface area (Å²) < 4.78 is 37.7. The van der Waals surface area contributed by atoms with Crippen molar-refractivity contribution in [1.29, 1.82) is 0 Å². The number of rotatable bonds is 23. The Kier molecular flexibility index (Phi) is 24.1. The first kappa shape index (κ1) is 96.2. The summed E-state index contributed by atoms with van der Waals surface area (Å²) in [5.74, 6) is 3.77. The van der Waals surface area contributed by atoms with Crippen LogP contribution in [0.15, 0.2) is 48.5 Å². The van der Waals surface area contributed by atoms with Crippen LogP contribution < -0.4 is 50.8 Å². The van der Waals surface area contributed by atoms with Gasteiger partial charge in [0.05, 0.1) is 75.3 Å². The zero-order valence-electron chi connectivity index (χ0n) is 84.0. The fraction of sp³-hybridized carbons (Fsp3) is 0.709. The van der Waals surface area contributed by atoms with Crippen LogP contribution in [0.25, 0.3) is 0 Å². The quantitative estimate of drug-likeness (QED) is 0.0309. The first-order chi connectivity index (χ1) is 68.1. The predicted octanol–water partition coefficient (Wildman–Crippen LogP) is 8.55. The highest BCUT2D eigenvalue weighted by Gasteiger charge is 2.80. The monoisotopic (exact) mass is 1960 g/mol. The standard InChI is InChI=1S/C30H41N3O5.C28H37N3O5.C28H39N3O5.C24H31N3O5/c1-3-37-28(36)20-9-13-32(14-10-20)22-8-11-30(31-18(2)34)24-16-21-6-7-23(35)26-25(21)29(30,27(22)38-26)12-15-33(24)17-19-4-5-19;1-16(32)29-28-9-6-20(30-11-7-18(8-12-30)26(34)35)25-27(28)10-13-31(15-17-2-3-17)22(28)14-19-4-5-21(33)24(36-25)23(19)27;1-16(32)30-28-10-9-19(29-14-22(34)36-26(2,3)4)25-27(28)11-12-31(15-17-5-6-17)21(28)13-18-7-8-20(33)24(35-25)23(18)27;1-13(28)26-24-7-6-16(25-11-19(30)31)22-23(24)8-9-27(12-14-2-3-14)18(24)10-15-4-5-17(29)21(32-22)20(15)23/h6-7,19-20,22,24,27,35H,3-5,8-17H2,1-2H3,(H,31,34);4-5,17-18,20,22,25,33H,2-3,6-15H2,1H3,(H,29,32)(H,34,35);7-8,17,19,21,25,29,33H,5-6,9-15H2,1-4H3,(H,30,32);4-5,14,16,18,22,25,29H,2-3,6-12H2,1H3,(H,26,28)(H,30,31)/t22-,24-,27?,29+,30-;20-,22-,25?,27+,28-;19-,21-,25?,27+,28-;16-,18-,22?,23+,24-/m1111/s1. The van der Waals surface area contributed by atoms with E-state index in [0.717, 1.165) is 234 Å². The molecule has 32 heteroatoms. The average molecular weight is 1960 g/mol. The van der Waals surface area contributed by atoms with Crippen molar-refractivity contribution in [3.05, 3.63) is 93.0 Å². The maximum absolute atomic E-state index is 12.9. The molecular formula is C110H148N12O20. The predicted molar refractivity (Wildman–Crippen MR) is 523 cm³/mol. The van der Waals surface area contributed by atoms with Crippen molar-refractivity contribution >= 4 is 47.5 Å². The van der Waals surface area contributed by atoms with Crippen molar-refractivity contribution < 1.29 is 97.4 Å². The highest BCUT2D eigenvalue weighted by Crippen LogP contribution is 2.72.